The number of aryl methyl sites for hydroxylation is 1. The lowest BCUT2D eigenvalue weighted by Crippen LogP contribution is -1.86. The van der Waals surface area contributed by atoms with E-state index in [0.29, 0.717) is 10.2 Å². The highest BCUT2D eigenvalue weighted by Gasteiger charge is 2.10. The molecular formula is C12H8Cl2NS. The summed E-state index contributed by atoms with van der Waals surface area (Å²) in [5.74, 6) is 0. The molecule has 1 radical (unpaired) electrons. The second kappa shape index (κ2) is 4.58. The quantitative estimate of drug-likeness (QED) is 0.669. The Morgan fingerprint density at radius 1 is 1.19 bits per heavy atom. The van der Waals surface area contributed by atoms with Crippen LogP contribution >= 0.6 is 35.8 Å². The zero-order chi connectivity index (χ0) is 11.7. The lowest BCUT2D eigenvalue weighted by atomic mass is 10.1. The van der Waals surface area contributed by atoms with Crippen LogP contribution in [0.5, 0.6) is 0 Å². The molecule has 0 amide bonds. The van der Waals surface area contributed by atoms with E-state index < -0.39 is 0 Å². The van der Waals surface area contributed by atoms with Gasteiger partial charge in [0, 0.05) is 16.7 Å². The summed E-state index contributed by atoms with van der Waals surface area (Å²) >= 11 is 17.3. The van der Waals surface area contributed by atoms with Crippen LogP contribution in [-0.2, 0) is 0 Å². The largest absolute Gasteiger partial charge is 0.244 e. The van der Waals surface area contributed by atoms with Gasteiger partial charge in [-0.25, -0.2) is 4.98 Å². The Balaban J connectivity index is 2.63. The summed E-state index contributed by atoms with van der Waals surface area (Å²) in [6.45, 7) is 1.97. The van der Waals surface area contributed by atoms with E-state index in [1.807, 2.05) is 25.1 Å². The molecule has 1 aromatic heterocycles. The molecule has 16 heavy (non-hydrogen) atoms. The summed E-state index contributed by atoms with van der Waals surface area (Å²) in [6, 6.07) is 7.50. The van der Waals surface area contributed by atoms with Crippen LogP contribution < -0.4 is 0 Å². The van der Waals surface area contributed by atoms with Crippen molar-refractivity contribution in [1.82, 2.24) is 4.98 Å². The van der Waals surface area contributed by atoms with Crippen molar-refractivity contribution >= 4 is 35.8 Å². The molecule has 1 aromatic carbocycles. The molecule has 0 fully saturated rings. The number of hydrogen-bond donors (Lipinski definition) is 0. The number of pyridine rings is 1. The normalized spacial score (nSPS) is 10.4. The van der Waals surface area contributed by atoms with Gasteiger partial charge in [0.2, 0.25) is 0 Å². The van der Waals surface area contributed by atoms with Crippen molar-refractivity contribution < 1.29 is 0 Å². The Bertz CT molecular complexity index is 520. The lowest BCUT2D eigenvalue weighted by molar-refractivity contribution is 1.29. The van der Waals surface area contributed by atoms with Gasteiger partial charge in [-0.05, 0) is 30.2 Å². The first kappa shape index (κ1) is 11.6. The van der Waals surface area contributed by atoms with E-state index in [9.17, 15) is 0 Å². The first-order valence-corrected chi connectivity index (χ1v) is 5.84. The fraction of sp³-hybridized carbons (Fsp3) is 0.0833. The van der Waals surface area contributed by atoms with Crippen molar-refractivity contribution in [1.29, 1.82) is 0 Å². The van der Waals surface area contributed by atoms with E-state index in [0.717, 1.165) is 21.6 Å². The van der Waals surface area contributed by atoms with Crippen LogP contribution in [0, 0.1) is 6.92 Å². The summed E-state index contributed by atoms with van der Waals surface area (Å²) in [7, 11) is 0. The van der Waals surface area contributed by atoms with Crippen molar-refractivity contribution in [2.24, 2.45) is 0 Å². The molecule has 2 aromatic rings. The smallest absolute Gasteiger partial charge is 0.138 e. The SMILES string of the molecule is Cc1ccc(-c2c(Cl)ccnc2Cl)cc1[S]. The van der Waals surface area contributed by atoms with Gasteiger partial charge in [-0.3, -0.25) is 0 Å². The van der Waals surface area contributed by atoms with Gasteiger partial charge < -0.3 is 0 Å². The van der Waals surface area contributed by atoms with Crippen molar-refractivity contribution in [2.75, 3.05) is 0 Å². The van der Waals surface area contributed by atoms with Gasteiger partial charge in [-0.2, -0.15) is 0 Å². The predicted octanol–water partition coefficient (Wildman–Crippen LogP) is 4.92. The van der Waals surface area contributed by atoms with E-state index >= 15 is 0 Å². The van der Waals surface area contributed by atoms with Crippen molar-refractivity contribution in [3.63, 3.8) is 0 Å². The number of hydrogen-bond acceptors (Lipinski definition) is 1. The lowest BCUT2D eigenvalue weighted by Gasteiger charge is -2.07. The van der Waals surface area contributed by atoms with Gasteiger partial charge >= 0.3 is 0 Å². The van der Waals surface area contributed by atoms with Crippen molar-refractivity contribution in [2.45, 2.75) is 11.8 Å². The van der Waals surface area contributed by atoms with Crippen molar-refractivity contribution in [3.05, 3.63) is 46.2 Å². The number of aromatic nitrogens is 1. The zero-order valence-electron chi connectivity index (χ0n) is 8.50. The molecule has 0 bridgehead atoms. The number of nitrogens with zero attached hydrogens (tertiary/aromatic N) is 1. The highest BCUT2D eigenvalue weighted by atomic mass is 35.5. The van der Waals surface area contributed by atoms with E-state index in [1.165, 1.54) is 0 Å². The molecule has 0 saturated carbocycles. The minimum atomic E-state index is 0.394. The summed E-state index contributed by atoms with van der Waals surface area (Å²) < 4.78 is 0. The molecule has 0 spiro atoms. The average Bonchev–Trinajstić information content (AvgIpc) is 2.23. The maximum Gasteiger partial charge on any atom is 0.138 e. The zero-order valence-corrected chi connectivity index (χ0v) is 10.8. The predicted molar refractivity (Wildman–Crippen MR) is 70.3 cm³/mol. The Labute approximate surface area is 110 Å². The highest BCUT2D eigenvalue weighted by Crippen LogP contribution is 2.34. The fourth-order valence-corrected chi connectivity index (χ4v) is 2.19. The second-order valence-corrected chi connectivity index (χ2v) is 4.64. The number of benzene rings is 1. The molecule has 0 saturated heterocycles. The summed E-state index contributed by atoms with van der Waals surface area (Å²) in [4.78, 5) is 4.81. The monoisotopic (exact) mass is 268 g/mol. The fourth-order valence-electron chi connectivity index (χ4n) is 1.43. The molecule has 0 aliphatic rings. The standard InChI is InChI=1S/C12H8Cl2NS/c1-7-2-3-8(6-10(7)16)11-9(13)4-5-15-12(11)14/h2-6H,1H3. The highest BCUT2D eigenvalue weighted by molar-refractivity contribution is 7.80. The third-order valence-electron chi connectivity index (χ3n) is 2.33. The Hall–Kier alpha value is -0.830. The summed E-state index contributed by atoms with van der Waals surface area (Å²) in [5, 5.41) is 0.976. The molecule has 1 heterocycles. The second-order valence-electron chi connectivity index (χ2n) is 3.44. The Morgan fingerprint density at radius 2 is 1.94 bits per heavy atom. The van der Waals surface area contributed by atoms with Crippen LogP contribution in [0.3, 0.4) is 0 Å². The third kappa shape index (κ3) is 2.14. The van der Waals surface area contributed by atoms with Gasteiger partial charge in [-0.1, -0.05) is 48.0 Å². The number of rotatable bonds is 1. The van der Waals surface area contributed by atoms with E-state index in [-0.39, 0.29) is 0 Å². The van der Waals surface area contributed by atoms with E-state index in [4.69, 9.17) is 35.8 Å². The van der Waals surface area contributed by atoms with Crippen LogP contribution in [0.2, 0.25) is 10.2 Å². The Morgan fingerprint density at radius 3 is 2.56 bits per heavy atom. The first-order valence-electron chi connectivity index (χ1n) is 4.67. The minimum Gasteiger partial charge on any atom is -0.244 e. The molecule has 0 unspecified atom stereocenters. The molecular weight excluding hydrogens is 261 g/mol. The van der Waals surface area contributed by atoms with Crippen LogP contribution in [-0.4, -0.2) is 4.98 Å². The van der Waals surface area contributed by atoms with E-state index in [2.05, 4.69) is 4.98 Å². The molecule has 4 heteroatoms. The Kier molecular flexibility index (Phi) is 3.33. The van der Waals surface area contributed by atoms with Crippen LogP contribution in [0.15, 0.2) is 35.4 Å². The molecule has 2 rings (SSSR count). The molecule has 0 aliphatic heterocycles. The van der Waals surface area contributed by atoms with Gasteiger partial charge in [-0.15, -0.1) is 0 Å². The molecule has 0 aliphatic carbocycles. The van der Waals surface area contributed by atoms with Crippen LogP contribution in [0.4, 0.5) is 0 Å². The van der Waals surface area contributed by atoms with Crippen LogP contribution in [0.25, 0.3) is 11.1 Å². The molecule has 1 nitrogen and oxygen atoms in total. The molecule has 0 N–H and O–H groups in total. The van der Waals surface area contributed by atoms with Crippen molar-refractivity contribution in [3.8, 4) is 11.1 Å². The molecule has 81 valence electrons. The first-order chi connectivity index (χ1) is 7.59. The maximum atomic E-state index is 6.10. The summed E-state index contributed by atoms with van der Waals surface area (Å²) in [6.07, 6.45) is 1.58. The van der Waals surface area contributed by atoms with Crippen LogP contribution in [0.1, 0.15) is 5.56 Å². The van der Waals surface area contributed by atoms with Gasteiger partial charge in [0.15, 0.2) is 0 Å². The summed E-state index contributed by atoms with van der Waals surface area (Å²) in [5.41, 5.74) is 2.70. The average molecular weight is 269 g/mol. The topological polar surface area (TPSA) is 12.9 Å². The minimum absolute atomic E-state index is 0.394. The van der Waals surface area contributed by atoms with Gasteiger partial charge in [0.1, 0.15) is 5.15 Å². The number of halogens is 2. The van der Waals surface area contributed by atoms with Gasteiger partial charge in [0.05, 0.1) is 5.02 Å². The maximum absolute atomic E-state index is 6.10. The van der Waals surface area contributed by atoms with Gasteiger partial charge in [0.25, 0.3) is 0 Å². The third-order valence-corrected chi connectivity index (χ3v) is 3.37. The van der Waals surface area contributed by atoms with E-state index in [1.54, 1.807) is 12.3 Å². The molecule has 0 atom stereocenters.